The molecule has 0 unspecified atom stereocenters. The van der Waals surface area contributed by atoms with Crippen molar-refractivity contribution >= 4 is 10.9 Å². The van der Waals surface area contributed by atoms with Gasteiger partial charge in [0.1, 0.15) is 0 Å². The summed E-state index contributed by atoms with van der Waals surface area (Å²) in [5, 5.41) is -0.453. The van der Waals surface area contributed by atoms with Crippen LogP contribution in [0.1, 0.15) is 30.9 Å². The number of nitrogens with zero attached hydrogens (tertiary/aromatic N) is 1. The molecular weight excluding hydrogens is 280 g/mol. The number of benzene rings is 1. The number of H-pyrrole nitrogens is 1. The average Bonchev–Trinajstić information content (AvgIpc) is 3.16. The fourth-order valence-corrected chi connectivity index (χ4v) is 2.28. The number of aromatic nitrogens is 2. The summed E-state index contributed by atoms with van der Waals surface area (Å²) in [6, 6.07) is 0.164. The molecule has 2 aromatic rings. The van der Waals surface area contributed by atoms with Crippen molar-refractivity contribution in [3.63, 3.8) is 0 Å². The van der Waals surface area contributed by atoms with Crippen molar-refractivity contribution in [2.45, 2.75) is 25.3 Å². The van der Waals surface area contributed by atoms with Gasteiger partial charge in [0.25, 0.3) is 12.0 Å². The fraction of sp³-hybridized carbons (Fsp3) is 0.333. The standard InChI is InChI=1S/C12H8F4N2O2/c13-6-3-5-9(7(8(6)14)10(15)16)18(4-1-2-4)12(20)17-11(5)19/h3-4,10H,1-2H2,(H,17,19,20). The molecule has 1 aliphatic rings. The molecule has 3 rings (SSSR count). The predicted molar refractivity (Wildman–Crippen MR) is 62.0 cm³/mol. The maximum Gasteiger partial charge on any atom is 0.329 e. The van der Waals surface area contributed by atoms with E-state index < -0.39 is 45.8 Å². The summed E-state index contributed by atoms with van der Waals surface area (Å²) in [5.74, 6) is -3.27. The van der Waals surface area contributed by atoms with Crippen molar-refractivity contribution in [1.29, 1.82) is 0 Å². The highest BCUT2D eigenvalue weighted by atomic mass is 19.3. The van der Waals surface area contributed by atoms with E-state index >= 15 is 0 Å². The van der Waals surface area contributed by atoms with Gasteiger partial charge in [0.05, 0.1) is 16.5 Å². The molecule has 1 aromatic heterocycles. The van der Waals surface area contributed by atoms with Gasteiger partial charge in [-0.25, -0.2) is 22.4 Å². The minimum absolute atomic E-state index is 0.371. The Bertz CT molecular complexity index is 821. The van der Waals surface area contributed by atoms with E-state index in [9.17, 15) is 27.2 Å². The molecule has 1 saturated carbocycles. The quantitative estimate of drug-likeness (QED) is 0.862. The van der Waals surface area contributed by atoms with E-state index in [4.69, 9.17) is 0 Å². The largest absolute Gasteiger partial charge is 0.329 e. The second-order valence-electron chi connectivity index (χ2n) is 4.64. The van der Waals surface area contributed by atoms with Gasteiger partial charge in [-0.05, 0) is 18.9 Å². The minimum atomic E-state index is -3.33. The summed E-state index contributed by atoms with van der Waals surface area (Å²) < 4.78 is 54.0. The van der Waals surface area contributed by atoms with E-state index in [-0.39, 0.29) is 6.04 Å². The van der Waals surface area contributed by atoms with E-state index in [0.717, 1.165) is 4.57 Å². The van der Waals surface area contributed by atoms with Crippen molar-refractivity contribution in [2.24, 2.45) is 0 Å². The first-order valence-corrected chi connectivity index (χ1v) is 5.86. The van der Waals surface area contributed by atoms with E-state index in [1.54, 1.807) is 0 Å². The molecule has 8 heteroatoms. The number of rotatable bonds is 2. The second kappa shape index (κ2) is 4.19. The molecule has 0 atom stereocenters. The third kappa shape index (κ3) is 1.75. The van der Waals surface area contributed by atoms with Crippen LogP contribution in [0.25, 0.3) is 10.9 Å². The Morgan fingerprint density at radius 2 is 1.90 bits per heavy atom. The second-order valence-corrected chi connectivity index (χ2v) is 4.64. The van der Waals surface area contributed by atoms with Gasteiger partial charge in [0.15, 0.2) is 11.6 Å². The van der Waals surface area contributed by atoms with Crippen LogP contribution in [0.4, 0.5) is 17.6 Å². The molecule has 1 heterocycles. The van der Waals surface area contributed by atoms with Crippen LogP contribution in [0.2, 0.25) is 0 Å². The lowest BCUT2D eigenvalue weighted by atomic mass is 10.1. The summed E-state index contributed by atoms with van der Waals surface area (Å²) in [7, 11) is 0. The number of hydrogen-bond donors (Lipinski definition) is 1. The molecule has 0 spiro atoms. The Labute approximate surface area is 108 Å². The smallest absolute Gasteiger partial charge is 0.290 e. The van der Waals surface area contributed by atoms with Crippen LogP contribution in [-0.2, 0) is 0 Å². The third-order valence-electron chi connectivity index (χ3n) is 3.28. The van der Waals surface area contributed by atoms with Crippen LogP contribution in [-0.4, -0.2) is 9.55 Å². The van der Waals surface area contributed by atoms with Crippen molar-refractivity contribution in [3.8, 4) is 0 Å². The molecular formula is C12H8F4N2O2. The Kier molecular flexibility index (Phi) is 2.70. The Balaban J connectivity index is 2.59. The molecule has 0 aliphatic heterocycles. The number of hydrogen-bond acceptors (Lipinski definition) is 2. The topological polar surface area (TPSA) is 54.9 Å². The lowest BCUT2D eigenvalue weighted by molar-refractivity contribution is 0.146. The Morgan fingerprint density at radius 3 is 2.45 bits per heavy atom. The van der Waals surface area contributed by atoms with Crippen LogP contribution in [0.5, 0.6) is 0 Å². The van der Waals surface area contributed by atoms with Gasteiger partial charge in [0, 0.05) is 6.04 Å². The highest BCUT2D eigenvalue weighted by Gasteiger charge is 2.31. The van der Waals surface area contributed by atoms with Gasteiger partial charge in [-0.3, -0.25) is 14.3 Å². The molecule has 0 radical (unpaired) electrons. The Morgan fingerprint density at radius 1 is 1.25 bits per heavy atom. The number of halogens is 4. The zero-order valence-electron chi connectivity index (χ0n) is 9.92. The maximum atomic E-state index is 13.6. The van der Waals surface area contributed by atoms with Crippen molar-refractivity contribution in [3.05, 3.63) is 44.1 Å². The number of fused-ring (bicyclic) bond motifs is 1. The normalized spacial score (nSPS) is 15.2. The van der Waals surface area contributed by atoms with Crippen LogP contribution in [0.3, 0.4) is 0 Å². The van der Waals surface area contributed by atoms with Gasteiger partial charge in [-0.15, -0.1) is 0 Å². The molecule has 0 bridgehead atoms. The van der Waals surface area contributed by atoms with E-state index in [2.05, 4.69) is 0 Å². The number of nitrogens with one attached hydrogen (secondary N) is 1. The zero-order valence-corrected chi connectivity index (χ0v) is 9.92. The van der Waals surface area contributed by atoms with Gasteiger partial charge in [0.2, 0.25) is 0 Å². The summed E-state index contributed by atoms with van der Waals surface area (Å²) in [6.45, 7) is 0. The van der Waals surface area contributed by atoms with Gasteiger partial charge >= 0.3 is 5.69 Å². The van der Waals surface area contributed by atoms with Crippen LogP contribution in [0, 0.1) is 11.6 Å². The molecule has 1 fully saturated rings. The zero-order chi connectivity index (χ0) is 14.6. The molecule has 1 aromatic carbocycles. The third-order valence-corrected chi connectivity index (χ3v) is 3.28. The minimum Gasteiger partial charge on any atom is -0.290 e. The molecule has 1 aliphatic carbocycles. The average molecular weight is 288 g/mol. The molecule has 0 amide bonds. The van der Waals surface area contributed by atoms with Crippen LogP contribution >= 0.6 is 0 Å². The molecule has 1 N–H and O–H groups in total. The summed E-state index contributed by atoms with van der Waals surface area (Å²) in [4.78, 5) is 25.3. The predicted octanol–water partition coefficient (Wildman–Crippen LogP) is 2.24. The SMILES string of the molecule is O=c1[nH]c(=O)n(C2CC2)c2c(C(F)F)c(F)c(F)cc12. The first-order valence-electron chi connectivity index (χ1n) is 5.86. The summed E-state index contributed by atoms with van der Waals surface area (Å²) in [6.07, 6.45) is -2.22. The molecule has 0 saturated heterocycles. The number of alkyl halides is 2. The van der Waals surface area contributed by atoms with Crippen LogP contribution < -0.4 is 11.2 Å². The van der Waals surface area contributed by atoms with Crippen molar-refractivity contribution in [2.75, 3.05) is 0 Å². The van der Waals surface area contributed by atoms with Gasteiger partial charge < -0.3 is 0 Å². The maximum absolute atomic E-state index is 13.6. The van der Waals surface area contributed by atoms with Crippen molar-refractivity contribution < 1.29 is 17.6 Å². The lowest BCUT2D eigenvalue weighted by Gasteiger charge is -2.13. The number of aromatic amines is 1. The molecule has 106 valence electrons. The van der Waals surface area contributed by atoms with Gasteiger partial charge in [-0.2, -0.15) is 0 Å². The first kappa shape index (κ1) is 12.9. The highest BCUT2D eigenvalue weighted by Crippen LogP contribution is 2.38. The van der Waals surface area contributed by atoms with E-state index in [0.29, 0.717) is 18.9 Å². The first-order chi connectivity index (χ1) is 9.41. The monoisotopic (exact) mass is 288 g/mol. The summed E-state index contributed by atoms with van der Waals surface area (Å²) >= 11 is 0. The summed E-state index contributed by atoms with van der Waals surface area (Å²) in [5.41, 5.74) is -3.66. The van der Waals surface area contributed by atoms with Gasteiger partial charge in [-0.1, -0.05) is 0 Å². The molecule has 20 heavy (non-hydrogen) atoms. The highest BCUT2D eigenvalue weighted by molar-refractivity contribution is 5.82. The molecule has 4 nitrogen and oxygen atoms in total. The Hall–Kier alpha value is -2.12. The van der Waals surface area contributed by atoms with E-state index in [1.165, 1.54) is 0 Å². The fourth-order valence-electron chi connectivity index (χ4n) is 2.28. The van der Waals surface area contributed by atoms with Crippen molar-refractivity contribution in [1.82, 2.24) is 9.55 Å². The lowest BCUT2D eigenvalue weighted by Crippen LogP contribution is -2.31. The van der Waals surface area contributed by atoms with E-state index in [1.807, 2.05) is 4.98 Å². The van der Waals surface area contributed by atoms with Crippen LogP contribution in [0.15, 0.2) is 15.7 Å².